The molecule has 22 heavy (non-hydrogen) atoms. The van der Waals surface area contributed by atoms with Gasteiger partial charge in [-0.15, -0.1) is 0 Å². The number of rotatable bonds is 3. The summed E-state index contributed by atoms with van der Waals surface area (Å²) < 4.78 is 5.15. The van der Waals surface area contributed by atoms with Gasteiger partial charge in [-0.2, -0.15) is 4.98 Å². The van der Waals surface area contributed by atoms with Crippen LogP contribution in [0.3, 0.4) is 0 Å². The summed E-state index contributed by atoms with van der Waals surface area (Å²) in [5.41, 5.74) is 2.00. The third kappa shape index (κ3) is 3.08. The van der Waals surface area contributed by atoms with Crippen LogP contribution in [-0.2, 0) is 0 Å². The van der Waals surface area contributed by atoms with E-state index in [-0.39, 0.29) is 0 Å². The van der Waals surface area contributed by atoms with Crippen LogP contribution in [0.2, 0.25) is 0 Å². The van der Waals surface area contributed by atoms with Gasteiger partial charge in [-0.05, 0) is 19.9 Å². The lowest BCUT2D eigenvalue weighted by atomic mass is 10.3. The molecule has 0 bridgehead atoms. The molecule has 1 fully saturated rings. The van der Waals surface area contributed by atoms with Crippen molar-refractivity contribution in [3.63, 3.8) is 0 Å². The van der Waals surface area contributed by atoms with Gasteiger partial charge in [-0.1, -0.05) is 0 Å². The molecule has 7 nitrogen and oxygen atoms in total. The summed E-state index contributed by atoms with van der Waals surface area (Å²) in [5, 5.41) is 0. The second-order valence-electron chi connectivity index (χ2n) is 5.32. The lowest BCUT2D eigenvalue weighted by Gasteiger charge is -2.34. The summed E-state index contributed by atoms with van der Waals surface area (Å²) in [7, 11) is 1.61. The Hall–Kier alpha value is -2.44. The summed E-state index contributed by atoms with van der Waals surface area (Å²) in [4.78, 5) is 22.1. The molecule has 0 saturated carbocycles. The normalized spacial score (nSPS) is 15.0. The predicted octanol–water partition coefficient (Wildman–Crippen LogP) is 1.22. The van der Waals surface area contributed by atoms with E-state index in [2.05, 4.69) is 29.7 Å². The molecule has 1 saturated heterocycles. The molecular weight excluding hydrogens is 280 g/mol. The fourth-order valence-electron chi connectivity index (χ4n) is 2.55. The van der Waals surface area contributed by atoms with Gasteiger partial charge in [0.2, 0.25) is 17.8 Å². The smallest absolute Gasteiger partial charge is 0.228 e. The van der Waals surface area contributed by atoms with E-state index in [9.17, 15) is 0 Å². The number of piperazine rings is 1. The molecule has 0 unspecified atom stereocenters. The van der Waals surface area contributed by atoms with E-state index in [1.54, 1.807) is 19.4 Å². The Morgan fingerprint density at radius 3 is 2.09 bits per heavy atom. The minimum atomic E-state index is 0.588. The summed E-state index contributed by atoms with van der Waals surface area (Å²) in [6.07, 6.45) is 1.72. The Kier molecular flexibility index (Phi) is 4.04. The quantitative estimate of drug-likeness (QED) is 0.844. The third-order valence-corrected chi connectivity index (χ3v) is 3.64. The molecule has 0 spiro atoms. The van der Waals surface area contributed by atoms with Crippen LogP contribution in [-0.4, -0.2) is 53.2 Å². The van der Waals surface area contributed by atoms with Gasteiger partial charge in [0, 0.05) is 49.8 Å². The molecule has 0 atom stereocenters. The van der Waals surface area contributed by atoms with Crippen molar-refractivity contribution in [2.45, 2.75) is 13.8 Å². The van der Waals surface area contributed by atoms with Crippen LogP contribution >= 0.6 is 0 Å². The van der Waals surface area contributed by atoms with E-state index < -0.39 is 0 Å². The van der Waals surface area contributed by atoms with Gasteiger partial charge in [-0.25, -0.2) is 15.0 Å². The lowest BCUT2D eigenvalue weighted by Crippen LogP contribution is -2.47. The van der Waals surface area contributed by atoms with Gasteiger partial charge in [0.15, 0.2) is 0 Å². The van der Waals surface area contributed by atoms with Crippen LogP contribution in [0.15, 0.2) is 18.3 Å². The van der Waals surface area contributed by atoms with Crippen LogP contribution in [0.4, 0.5) is 11.9 Å². The number of anilines is 2. The Labute approximate surface area is 130 Å². The average molecular weight is 300 g/mol. The first-order chi connectivity index (χ1) is 10.7. The highest BCUT2D eigenvalue weighted by atomic mass is 16.5. The molecule has 0 N–H and O–H groups in total. The minimum absolute atomic E-state index is 0.588. The predicted molar refractivity (Wildman–Crippen MR) is 84.5 cm³/mol. The SMILES string of the molecule is COc1ccnc(N2CCN(c3nc(C)cc(C)n3)CC2)n1. The van der Waals surface area contributed by atoms with Crippen molar-refractivity contribution < 1.29 is 4.74 Å². The second-order valence-corrected chi connectivity index (χ2v) is 5.32. The molecule has 3 heterocycles. The highest BCUT2D eigenvalue weighted by Gasteiger charge is 2.21. The van der Waals surface area contributed by atoms with Gasteiger partial charge in [0.05, 0.1) is 7.11 Å². The van der Waals surface area contributed by atoms with E-state index in [4.69, 9.17) is 4.74 Å². The Bertz CT molecular complexity index is 634. The summed E-state index contributed by atoms with van der Waals surface area (Å²) in [5.74, 6) is 2.11. The van der Waals surface area contributed by atoms with Crippen molar-refractivity contribution in [1.29, 1.82) is 0 Å². The molecule has 0 aliphatic carbocycles. The number of hydrogen-bond donors (Lipinski definition) is 0. The fraction of sp³-hybridized carbons (Fsp3) is 0.467. The molecule has 1 aliphatic heterocycles. The van der Waals surface area contributed by atoms with Gasteiger partial charge in [-0.3, -0.25) is 0 Å². The molecule has 0 aromatic carbocycles. The zero-order valence-corrected chi connectivity index (χ0v) is 13.2. The fourth-order valence-corrected chi connectivity index (χ4v) is 2.55. The summed E-state index contributed by atoms with van der Waals surface area (Å²) in [6, 6.07) is 3.74. The maximum atomic E-state index is 5.15. The first-order valence-electron chi connectivity index (χ1n) is 7.35. The average Bonchev–Trinajstić information content (AvgIpc) is 2.54. The van der Waals surface area contributed by atoms with Gasteiger partial charge < -0.3 is 14.5 Å². The van der Waals surface area contributed by atoms with Crippen LogP contribution in [0.1, 0.15) is 11.4 Å². The molecule has 3 rings (SSSR count). The Morgan fingerprint density at radius 2 is 1.50 bits per heavy atom. The highest BCUT2D eigenvalue weighted by Crippen LogP contribution is 2.17. The van der Waals surface area contributed by atoms with Crippen LogP contribution < -0.4 is 14.5 Å². The van der Waals surface area contributed by atoms with Crippen molar-refractivity contribution >= 4 is 11.9 Å². The van der Waals surface area contributed by atoms with Crippen molar-refractivity contribution in [3.8, 4) is 5.88 Å². The van der Waals surface area contributed by atoms with E-state index in [1.165, 1.54) is 0 Å². The second kappa shape index (κ2) is 6.13. The number of methoxy groups -OCH3 is 1. The van der Waals surface area contributed by atoms with Crippen LogP contribution in [0, 0.1) is 13.8 Å². The first-order valence-corrected chi connectivity index (χ1v) is 7.35. The number of nitrogens with zero attached hydrogens (tertiary/aromatic N) is 6. The largest absolute Gasteiger partial charge is 0.481 e. The Morgan fingerprint density at radius 1 is 0.909 bits per heavy atom. The molecular formula is C15H20N6O. The Balaban J connectivity index is 1.69. The molecule has 1 aliphatic rings. The molecule has 2 aromatic rings. The van der Waals surface area contributed by atoms with E-state index >= 15 is 0 Å². The molecule has 0 radical (unpaired) electrons. The number of aromatic nitrogens is 4. The first kappa shape index (κ1) is 14.5. The monoisotopic (exact) mass is 300 g/mol. The van der Waals surface area contributed by atoms with E-state index in [0.717, 1.165) is 43.5 Å². The number of hydrogen-bond acceptors (Lipinski definition) is 7. The number of aryl methyl sites for hydroxylation is 2. The molecule has 116 valence electrons. The van der Waals surface area contributed by atoms with Gasteiger partial charge in [0.1, 0.15) is 0 Å². The van der Waals surface area contributed by atoms with Crippen molar-refractivity contribution in [1.82, 2.24) is 19.9 Å². The van der Waals surface area contributed by atoms with Crippen molar-refractivity contribution in [2.75, 3.05) is 43.1 Å². The van der Waals surface area contributed by atoms with E-state index in [0.29, 0.717) is 11.8 Å². The maximum Gasteiger partial charge on any atom is 0.228 e. The van der Waals surface area contributed by atoms with Crippen LogP contribution in [0.5, 0.6) is 5.88 Å². The summed E-state index contributed by atoms with van der Waals surface area (Å²) >= 11 is 0. The lowest BCUT2D eigenvalue weighted by molar-refractivity contribution is 0.396. The zero-order valence-electron chi connectivity index (χ0n) is 13.2. The molecule has 0 amide bonds. The van der Waals surface area contributed by atoms with Gasteiger partial charge >= 0.3 is 0 Å². The molecule has 2 aromatic heterocycles. The zero-order chi connectivity index (χ0) is 15.5. The third-order valence-electron chi connectivity index (χ3n) is 3.64. The minimum Gasteiger partial charge on any atom is -0.481 e. The molecule has 7 heteroatoms. The van der Waals surface area contributed by atoms with Gasteiger partial charge in [0.25, 0.3) is 0 Å². The highest BCUT2D eigenvalue weighted by molar-refractivity contribution is 5.39. The number of ether oxygens (including phenoxy) is 1. The topological polar surface area (TPSA) is 67.3 Å². The van der Waals surface area contributed by atoms with E-state index in [1.807, 2.05) is 19.9 Å². The van der Waals surface area contributed by atoms with Crippen molar-refractivity contribution in [2.24, 2.45) is 0 Å². The van der Waals surface area contributed by atoms with Crippen LogP contribution in [0.25, 0.3) is 0 Å². The summed E-state index contributed by atoms with van der Waals surface area (Å²) in [6.45, 7) is 7.37. The standard InChI is InChI=1S/C15H20N6O/c1-11-10-12(2)18-15(17-11)21-8-6-20(7-9-21)14-16-5-4-13(19-14)22-3/h4-5,10H,6-9H2,1-3H3. The van der Waals surface area contributed by atoms with Crippen molar-refractivity contribution in [3.05, 3.63) is 29.7 Å². The maximum absolute atomic E-state index is 5.15.